The Kier molecular flexibility index (Phi) is 1.80. The highest BCUT2D eigenvalue weighted by Gasteiger charge is 2.62. The van der Waals surface area contributed by atoms with E-state index >= 15 is 0 Å². The maximum Gasteiger partial charge on any atom is 0.354 e. The van der Waals surface area contributed by atoms with Crippen LogP contribution in [0.25, 0.3) is 27.2 Å². The average molecular weight is 332 g/mol. The first-order valence-electron chi connectivity index (χ1n) is 8.83. The van der Waals surface area contributed by atoms with Crippen LogP contribution < -0.4 is 0 Å². The van der Waals surface area contributed by atoms with E-state index in [0.717, 1.165) is 22.6 Å². The number of nitrogens with zero attached hydrogens (tertiary/aromatic N) is 1. The monoisotopic (exact) mass is 332 g/mol. The summed E-state index contributed by atoms with van der Waals surface area (Å²) in [6.45, 7) is -2.59. The highest BCUT2D eigenvalue weighted by Crippen LogP contribution is 2.55. The first-order valence-corrected chi connectivity index (χ1v) is 7.33. The second-order valence-electron chi connectivity index (χ2n) is 6.02. The summed E-state index contributed by atoms with van der Waals surface area (Å²) in [6.07, 6.45) is 0. The molecule has 1 aliphatic rings. The standard InChI is InChI=1S/C19H11F4N/c1-10-6-7-13-17-16(10)12-5-3-2-4-11(12)14-8-9-15(24(14)17)19(22,23)18(13,20)21/h2-9H,1H3/i1D3. The molecule has 2 aromatic heterocycles. The van der Waals surface area contributed by atoms with Gasteiger partial charge in [0, 0.05) is 14.9 Å². The molecule has 0 saturated heterocycles. The molecule has 5 rings (SSSR count). The molecule has 0 saturated carbocycles. The van der Waals surface area contributed by atoms with Gasteiger partial charge in [0.1, 0.15) is 0 Å². The fourth-order valence-electron chi connectivity index (χ4n) is 3.74. The fourth-order valence-corrected chi connectivity index (χ4v) is 3.74. The summed E-state index contributed by atoms with van der Waals surface area (Å²) in [4.78, 5) is 0. The number of benzene rings is 2. The largest absolute Gasteiger partial charge is 0.354 e. The lowest BCUT2D eigenvalue weighted by Crippen LogP contribution is -2.40. The van der Waals surface area contributed by atoms with E-state index in [1.54, 1.807) is 24.3 Å². The average Bonchev–Trinajstić information content (AvgIpc) is 3.05. The van der Waals surface area contributed by atoms with Crippen LogP contribution in [0.15, 0.2) is 48.5 Å². The van der Waals surface area contributed by atoms with Crippen molar-refractivity contribution in [1.82, 2.24) is 4.40 Å². The lowest BCUT2D eigenvalue weighted by atomic mass is 9.90. The van der Waals surface area contributed by atoms with Gasteiger partial charge in [-0.05, 0) is 29.9 Å². The van der Waals surface area contributed by atoms with Gasteiger partial charge in [0.2, 0.25) is 0 Å². The maximum atomic E-state index is 14.8. The van der Waals surface area contributed by atoms with Crippen LogP contribution in [0.1, 0.15) is 20.9 Å². The first-order chi connectivity index (χ1) is 12.6. The smallest absolute Gasteiger partial charge is 0.306 e. The van der Waals surface area contributed by atoms with Crippen molar-refractivity contribution in [2.45, 2.75) is 18.7 Å². The van der Waals surface area contributed by atoms with E-state index in [9.17, 15) is 17.6 Å². The Labute approximate surface area is 138 Å². The van der Waals surface area contributed by atoms with E-state index in [2.05, 4.69) is 0 Å². The molecule has 1 aliphatic heterocycles. The SMILES string of the molecule is [2H]C([2H])([2H])c1ccc2c3c1c1ccccc1c1ccc(n13)C(F)(F)C2(F)F. The number of alkyl halides is 4. The van der Waals surface area contributed by atoms with Crippen LogP contribution in [0.3, 0.4) is 0 Å². The molecule has 5 heteroatoms. The van der Waals surface area contributed by atoms with Gasteiger partial charge < -0.3 is 4.40 Å². The molecule has 0 atom stereocenters. The van der Waals surface area contributed by atoms with Gasteiger partial charge in [-0.2, -0.15) is 17.6 Å². The Balaban J connectivity index is 2.20. The maximum absolute atomic E-state index is 14.8. The normalized spacial score (nSPS) is 20.4. The van der Waals surface area contributed by atoms with Crippen LogP contribution in [0.2, 0.25) is 0 Å². The summed E-state index contributed by atoms with van der Waals surface area (Å²) in [5, 5.41) is 1.03. The van der Waals surface area contributed by atoms with Crippen molar-refractivity contribution in [2.75, 3.05) is 0 Å². The van der Waals surface area contributed by atoms with E-state index < -0.39 is 30.0 Å². The predicted octanol–water partition coefficient (Wildman–Crippen LogP) is 5.75. The zero-order valence-electron chi connectivity index (χ0n) is 15.1. The van der Waals surface area contributed by atoms with Gasteiger partial charge in [-0.25, -0.2) is 0 Å². The van der Waals surface area contributed by atoms with Crippen molar-refractivity contribution in [1.29, 1.82) is 0 Å². The Morgan fingerprint density at radius 3 is 2.38 bits per heavy atom. The van der Waals surface area contributed by atoms with Gasteiger partial charge in [-0.1, -0.05) is 36.4 Å². The Hall–Kier alpha value is -2.56. The van der Waals surface area contributed by atoms with E-state index in [1.165, 1.54) is 6.07 Å². The van der Waals surface area contributed by atoms with Gasteiger partial charge >= 0.3 is 11.8 Å². The molecule has 1 nitrogen and oxygen atoms in total. The second-order valence-corrected chi connectivity index (χ2v) is 6.02. The quantitative estimate of drug-likeness (QED) is 0.285. The number of hydrogen-bond acceptors (Lipinski definition) is 0. The molecule has 0 amide bonds. The first kappa shape index (κ1) is 11.1. The van der Waals surface area contributed by atoms with Crippen molar-refractivity contribution in [3.63, 3.8) is 0 Å². The number of fused-ring (bicyclic) bond motifs is 3. The summed E-state index contributed by atoms with van der Waals surface area (Å²) >= 11 is 0. The van der Waals surface area contributed by atoms with Crippen LogP contribution in [0.4, 0.5) is 17.6 Å². The van der Waals surface area contributed by atoms with Crippen LogP contribution in [-0.4, -0.2) is 4.40 Å². The zero-order chi connectivity index (χ0) is 19.4. The van der Waals surface area contributed by atoms with Crippen molar-refractivity contribution < 1.29 is 21.7 Å². The third-order valence-corrected chi connectivity index (χ3v) is 4.81. The Bertz CT molecular complexity index is 1270. The lowest BCUT2D eigenvalue weighted by Gasteiger charge is -2.33. The van der Waals surface area contributed by atoms with E-state index in [4.69, 9.17) is 4.11 Å². The minimum absolute atomic E-state index is 0.0585. The van der Waals surface area contributed by atoms with Crippen molar-refractivity contribution in [3.05, 3.63) is 65.4 Å². The predicted molar refractivity (Wildman–Crippen MR) is 84.9 cm³/mol. The minimum Gasteiger partial charge on any atom is -0.306 e. The van der Waals surface area contributed by atoms with Crippen LogP contribution >= 0.6 is 0 Å². The highest BCUT2D eigenvalue weighted by atomic mass is 19.3. The number of aromatic nitrogens is 1. The van der Waals surface area contributed by atoms with E-state index in [0.29, 0.717) is 16.3 Å². The van der Waals surface area contributed by atoms with Crippen LogP contribution in [-0.2, 0) is 11.8 Å². The number of hydrogen-bond donors (Lipinski definition) is 0. The van der Waals surface area contributed by atoms with Crippen LogP contribution in [0.5, 0.6) is 0 Å². The third-order valence-electron chi connectivity index (χ3n) is 4.81. The number of aryl methyl sites for hydroxylation is 1. The zero-order valence-corrected chi connectivity index (χ0v) is 12.1. The number of rotatable bonds is 0. The van der Waals surface area contributed by atoms with Crippen LogP contribution in [0, 0.1) is 6.85 Å². The summed E-state index contributed by atoms with van der Waals surface area (Å²) in [7, 11) is 0. The van der Waals surface area contributed by atoms with Crippen molar-refractivity contribution in [2.24, 2.45) is 0 Å². The molecule has 24 heavy (non-hydrogen) atoms. The Morgan fingerprint density at radius 1 is 0.875 bits per heavy atom. The molecule has 2 aromatic carbocycles. The molecule has 0 unspecified atom stereocenters. The summed E-state index contributed by atoms with van der Waals surface area (Å²) in [5.41, 5.74) is -1.68. The van der Waals surface area contributed by atoms with Gasteiger partial charge in [-0.3, -0.25) is 0 Å². The summed E-state index contributed by atoms with van der Waals surface area (Å²) in [5.74, 6) is -8.87. The molecule has 4 aromatic rings. The molecule has 0 spiro atoms. The third kappa shape index (κ3) is 1.30. The molecular weight excluding hydrogens is 318 g/mol. The molecular formula is C19H11F4N. The van der Waals surface area contributed by atoms with E-state index in [1.807, 2.05) is 0 Å². The highest BCUT2D eigenvalue weighted by molar-refractivity contribution is 6.15. The topological polar surface area (TPSA) is 4.41 Å². The summed E-state index contributed by atoms with van der Waals surface area (Å²) in [6, 6.07) is 10.8. The molecule has 0 bridgehead atoms. The van der Waals surface area contributed by atoms with Crippen molar-refractivity contribution in [3.8, 4) is 0 Å². The van der Waals surface area contributed by atoms with E-state index in [-0.39, 0.29) is 16.5 Å². The molecule has 0 aliphatic carbocycles. The van der Waals surface area contributed by atoms with Gasteiger partial charge in [-0.15, -0.1) is 0 Å². The fraction of sp³-hybridized carbons (Fsp3) is 0.158. The van der Waals surface area contributed by atoms with Gasteiger partial charge in [0.05, 0.1) is 22.3 Å². The molecule has 0 fully saturated rings. The number of halogens is 4. The molecule has 0 radical (unpaired) electrons. The lowest BCUT2D eigenvalue weighted by molar-refractivity contribution is -0.227. The minimum atomic E-state index is -4.46. The molecule has 3 heterocycles. The Morgan fingerprint density at radius 2 is 1.62 bits per heavy atom. The van der Waals surface area contributed by atoms with Crippen molar-refractivity contribution >= 4 is 27.2 Å². The number of pyridine rings is 1. The second kappa shape index (κ2) is 3.91. The van der Waals surface area contributed by atoms with Gasteiger partial charge in [0.25, 0.3) is 0 Å². The van der Waals surface area contributed by atoms with Gasteiger partial charge in [0.15, 0.2) is 0 Å². The molecule has 120 valence electrons. The summed E-state index contributed by atoms with van der Waals surface area (Å²) < 4.78 is 83.3. The molecule has 0 N–H and O–H groups in total.